The molecule has 90 valence electrons. The molecule has 17 heavy (non-hydrogen) atoms. The maximum absolute atomic E-state index is 13.1. The van der Waals surface area contributed by atoms with Crippen molar-refractivity contribution in [3.63, 3.8) is 0 Å². The number of hydrogen-bond acceptors (Lipinski definition) is 4. The SMILES string of the molecule is O=c1[nH]c([C@@H]2C[C@H](F)CN2)nc2cc(Br)sc12. The number of H-pyrrole nitrogens is 1. The Morgan fingerprint density at radius 1 is 1.59 bits per heavy atom. The molecular weight excluding hydrogens is 309 g/mol. The average Bonchev–Trinajstić information content (AvgIpc) is 2.83. The minimum absolute atomic E-state index is 0.162. The zero-order valence-electron chi connectivity index (χ0n) is 8.67. The summed E-state index contributed by atoms with van der Waals surface area (Å²) in [5.41, 5.74) is 0.495. The van der Waals surface area contributed by atoms with E-state index >= 15 is 0 Å². The molecule has 1 aliphatic heterocycles. The summed E-state index contributed by atoms with van der Waals surface area (Å²) in [5.74, 6) is 0.521. The molecule has 2 N–H and O–H groups in total. The largest absolute Gasteiger partial charge is 0.308 e. The Morgan fingerprint density at radius 3 is 3.12 bits per heavy atom. The fraction of sp³-hybridized carbons (Fsp3) is 0.400. The molecule has 2 aromatic rings. The number of hydrogen-bond donors (Lipinski definition) is 2. The van der Waals surface area contributed by atoms with Crippen LogP contribution in [0.5, 0.6) is 0 Å². The van der Waals surface area contributed by atoms with Crippen molar-refractivity contribution in [1.29, 1.82) is 0 Å². The highest BCUT2D eigenvalue weighted by atomic mass is 79.9. The lowest BCUT2D eigenvalue weighted by molar-refractivity contribution is 0.355. The number of aromatic amines is 1. The molecule has 0 unspecified atom stereocenters. The molecule has 0 amide bonds. The van der Waals surface area contributed by atoms with Crippen molar-refractivity contribution >= 4 is 37.5 Å². The summed E-state index contributed by atoms with van der Waals surface area (Å²) in [6, 6.07) is 1.61. The Morgan fingerprint density at radius 2 is 2.41 bits per heavy atom. The van der Waals surface area contributed by atoms with Crippen LogP contribution in [-0.4, -0.2) is 22.7 Å². The van der Waals surface area contributed by atoms with Crippen molar-refractivity contribution in [2.75, 3.05) is 6.54 Å². The van der Waals surface area contributed by atoms with Crippen LogP contribution in [0.15, 0.2) is 14.6 Å². The first kappa shape index (κ1) is 11.3. The number of fused-ring (bicyclic) bond motifs is 1. The number of alkyl halides is 1. The van der Waals surface area contributed by atoms with E-state index in [0.717, 1.165) is 3.79 Å². The Hall–Kier alpha value is -0.790. The van der Waals surface area contributed by atoms with Crippen molar-refractivity contribution in [2.45, 2.75) is 18.6 Å². The zero-order chi connectivity index (χ0) is 12.0. The van der Waals surface area contributed by atoms with E-state index < -0.39 is 6.17 Å². The van der Waals surface area contributed by atoms with Gasteiger partial charge >= 0.3 is 0 Å². The summed E-state index contributed by atoms with van der Waals surface area (Å²) in [4.78, 5) is 18.9. The molecule has 0 bridgehead atoms. The van der Waals surface area contributed by atoms with Crippen LogP contribution in [0.3, 0.4) is 0 Å². The van der Waals surface area contributed by atoms with E-state index in [1.807, 2.05) is 0 Å². The van der Waals surface area contributed by atoms with Gasteiger partial charge in [-0.1, -0.05) is 0 Å². The third kappa shape index (κ3) is 2.02. The lowest BCUT2D eigenvalue weighted by Gasteiger charge is -2.08. The number of rotatable bonds is 1. The van der Waals surface area contributed by atoms with Crippen LogP contribution in [0.1, 0.15) is 18.3 Å². The molecule has 1 aliphatic rings. The Labute approximate surface area is 108 Å². The minimum atomic E-state index is -0.866. The van der Waals surface area contributed by atoms with Gasteiger partial charge in [-0.05, 0) is 22.0 Å². The first-order chi connectivity index (χ1) is 8.13. The van der Waals surface area contributed by atoms with Crippen LogP contribution >= 0.6 is 27.3 Å². The van der Waals surface area contributed by atoms with Crippen molar-refractivity contribution in [3.05, 3.63) is 26.0 Å². The third-order valence-electron chi connectivity index (χ3n) is 2.78. The van der Waals surface area contributed by atoms with E-state index in [1.165, 1.54) is 11.3 Å². The molecule has 0 spiro atoms. The molecule has 1 fully saturated rings. The quantitative estimate of drug-likeness (QED) is 0.847. The van der Waals surface area contributed by atoms with Gasteiger partial charge in [0.2, 0.25) is 0 Å². The van der Waals surface area contributed by atoms with E-state index in [1.54, 1.807) is 6.07 Å². The molecule has 1 saturated heterocycles. The third-order valence-corrected chi connectivity index (χ3v) is 4.40. The topological polar surface area (TPSA) is 57.8 Å². The average molecular weight is 318 g/mol. The smallest absolute Gasteiger partial charge is 0.268 e. The van der Waals surface area contributed by atoms with E-state index in [9.17, 15) is 9.18 Å². The normalized spacial score (nSPS) is 24.6. The molecular formula is C10H9BrFN3OS. The second-order valence-corrected chi connectivity index (χ2v) is 6.44. The monoisotopic (exact) mass is 317 g/mol. The van der Waals surface area contributed by atoms with Gasteiger partial charge in [0.25, 0.3) is 5.56 Å². The highest BCUT2D eigenvalue weighted by Crippen LogP contribution is 2.28. The number of halogens is 2. The lowest BCUT2D eigenvalue weighted by atomic mass is 10.2. The molecule has 2 atom stereocenters. The standard InChI is InChI=1S/C10H9BrFN3OS/c11-7-2-5-8(17-7)10(16)15-9(14-5)6-1-4(12)3-13-6/h2,4,6,13H,1,3H2,(H,14,15,16)/t4-,6-/m0/s1. The van der Waals surface area contributed by atoms with E-state index in [-0.39, 0.29) is 11.6 Å². The van der Waals surface area contributed by atoms with Gasteiger partial charge in [-0.25, -0.2) is 9.37 Å². The highest BCUT2D eigenvalue weighted by Gasteiger charge is 2.27. The summed E-state index contributed by atoms with van der Waals surface area (Å²) < 4.78 is 14.5. The van der Waals surface area contributed by atoms with Crippen molar-refractivity contribution in [2.24, 2.45) is 0 Å². The van der Waals surface area contributed by atoms with Gasteiger partial charge in [-0.3, -0.25) is 4.79 Å². The molecule has 0 aromatic carbocycles. The number of thiophene rings is 1. The molecule has 0 aliphatic carbocycles. The van der Waals surface area contributed by atoms with Crippen molar-refractivity contribution in [1.82, 2.24) is 15.3 Å². The van der Waals surface area contributed by atoms with Gasteiger partial charge in [-0.2, -0.15) is 0 Å². The van der Waals surface area contributed by atoms with Crippen LogP contribution in [-0.2, 0) is 0 Å². The summed E-state index contributed by atoms with van der Waals surface area (Å²) in [5, 5.41) is 3.01. The predicted molar refractivity (Wildman–Crippen MR) is 68.2 cm³/mol. The van der Waals surface area contributed by atoms with Gasteiger partial charge in [0, 0.05) is 13.0 Å². The van der Waals surface area contributed by atoms with E-state index in [4.69, 9.17) is 0 Å². The Balaban J connectivity index is 2.09. The van der Waals surface area contributed by atoms with Gasteiger partial charge in [-0.15, -0.1) is 11.3 Å². The second-order valence-electron chi connectivity index (χ2n) is 4.01. The molecule has 2 aromatic heterocycles. The first-order valence-corrected chi connectivity index (χ1v) is 6.81. The fourth-order valence-corrected chi connectivity index (χ4v) is 3.42. The molecule has 7 heteroatoms. The summed E-state index contributed by atoms with van der Waals surface area (Å²) in [6.45, 7) is 0.319. The highest BCUT2D eigenvalue weighted by molar-refractivity contribution is 9.11. The number of nitrogens with one attached hydrogen (secondary N) is 2. The number of aromatic nitrogens is 2. The van der Waals surface area contributed by atoms with E-state index in [0.29, 0.717) is 29.0 Å². The summed E-state index contributed by atoms with van der Waals surface area (Å²) in [6.07, 6.45) is -0.505. The Bertz CT molecular complexity index is 626. The summed E-state index contributed by atoms with van der Waals surface area (Å²) >= 11 is 4.67. The number of nitrogens with zero attached hydrogens (tertiary/aromatic N) is 1. The van der Waals surface area contributed by atoms with Crippen molar-refractivity contribution < 1.29 is 4.39 Å². The summed E-state index contributed by atoms with van der Waals surface area (Å²) in [7, 11) is 0. The molecule has 3 heterocycles. The predicted octanol–water partition coefficient (Wildman–Crippen LogP) is 2.12. The Kier molecular flexibility index (Phi) is 2.76. The van der Waals surface area contributed by atoms with Crippen molar-refractivity contribution in [3.8, 4) is 0 Å². The van der Waals surface area contributed by atoms with Crippen LogP contribution < -0.4 is 10.9 Å². The molecule has 0 saturated carbocycles. The minimum Gasteiger partial charge on any atom is -0.308 e. The van der Waals surface area contributed by atoms with Gasteiger partial charge in [0.1, 0.15) is 16.7 Å². The molecule has 0 radical (unpaired) electrons. The maximum Gasteiger partial charge on any atom is 0.268 e. The maximum atomic E-state index is 13.1. The van der Waals surface area contributed by atoms with Gasteiger partial charge in [0.05, 0.1) is 15.3 Å². The second kappa shape index (κ2) is 4.15. The molecule has 3 rings (SSSR count). The first-order valence-electron chi connectivity index (χ1n) is 5.20. The lowest BCUT2D eigenvalue weighted by Crippen LogP contribution is -2.20. The van der Waals surface area contributed by atoms with Gasteiger partial charge in [0.15, 0.2) is 0 Å². The molecule has 4 nitrogen and oxygen atoms in total. The van der Waals surface area contributed by atoms with Crippen LogP contribution in [0.25, 0.3) is 10.2 Å². The zero-order valence-corrected chi connectivity index (χ0v) is 11.1. The van der Waals surface area contributed by atoms with Gasteiger partial charge < -0.3 is 10.3 Å². The van der Waals surface area contributed by atoms with Crippen LogP contribution in [0, 0.1) is 0 Å². The van der Waals surface area contributed by atoms with Crippen LogP contribution in [0.4, 0.5) is 4.39 Å². The van der Waals surface area contributed by atoms with Crippen LogP contribution in [0.2, 0.25) is 0 Å². The van der Waals surface area contributed by atoms with E-state index in [2.05, 4.69) is 31.2 Å². The fourth-order valence-electron chi connectivity index (χ4n) is 1.99.